The van der Waals surface area contributed by atoms with Crippen LogP contribution in [0.5, 0.6) is 0 Å². The maximum Gasteiger partial charge on any atom is 0.336 e. The number of amides is 1. The number of carbonyl (C=O) groups is 1. The highest BCUT2D eigenvalue weighted by Gasteiger charge is 2.38. The van der Waals surface area contributed by atoms with Crippen LogP contribution in [-0.2, 0) is 4.79 Å². The Labute approximate surface area is 57.8 Å². The van der Waals surface area contributed by atoms with E-state index in [1.54, 1.807) is 0 Å². The average molecular weight is 152 g/mol. The van der Waals surface area contributed by atoms with E-state index >= 15 is 0 Å². The second-order valence-electron chi connectivity index (χ2n) is 2.11. The number of nitrogens with zero attached hydrogens (tertiary/aromatic N) is 1. The molecule has 0 saturated carbocycles. The number of alkyl halides is 2. The van der Waals surface area contributed by atoms with Crippen molar-refractivity contribution in [3.8, 4) is 0 Å². The summed E-state index contributed by atoms with van der Waals surface area (Å²) in [6.07, 6.45) is 0. The molecule has 0 radical (unpaired) electrons. The standard InChI is InChI=1S/C5H10F2N2O/c1-9(2)4(10)5(6,7)3-8/h3,8H2,1-2H3. The van der Waals surface area contributed by atoms with Crippen molar-refractivity contribution in [2.45, 2.75) is 5.92 Å². The molecule has 0 aromatic rings. The quantitative estimate of drug-likeness (QED) is 0.588. The second-order valence-corrected chi connectivity index (χ2v) is 2.11. The molecule has 0 saturated heterocycles. The Bertz CT molecular complexity index is 136. The third-order valence-electron chi connectivity index (χ3n) is 0.975. The third kappa shape index (κ3) is 1.91. The Kier molecular flexibility index (Phi) is 2.71. The van der Waals surface area contributed by atoms with Crippen LogP contribution >= 0.6 is 0 Å². The van der Waals surface area contributed by atoms with E-state index in [0.717, 1.165) is 4.90 Å². The molecule has 10 heavy (non-hydrogen) atoms. The molecule has 5 heteroatoms. The van der Waals surface area contributed by atoms with E-state index in [1.165, 1.54) is 14.1 Å². The van der Waals surface area contributed by atoms with Crippen molar-refractivity contribution in [2.24, 2.45) is 5.73 Å². The molecule has 0 fully saturated rings. The van der Waals surface area contributed by atoms with E-state index in [-0.39, 0.29) is 0 Å². The normalized spacial score (nSPS) is 11.3. The summed E-state index contributed by atoms with van der Waals surface area (Å²) >= 11 is 0. The maximum absolute atomic E-state index is 12.3. The number of halogens is 2. The highest BCUT2D eigenvalue weighted by Crippen LogP contribution is 2.12. The first kappa shape index (κ1) is 9.29. The van der Waals surface area contributed by atoms with Crippen LogP contribution in [0.1, 0.15) is 0 Å². The molecule has 0 atom stereocenters. The van der Waals surface area contributed by atoms with Crippen LogP contribution in [0.2, 0.25) is 0 Å². The Morgan fingerprint density at radius 2 is 2.00 bits per heavy atom. The fourth-order valence-electron chi connectivity index (χ4n) is 0.414. The highest BCUT2D eigenvalue weighted by atomic mass is 19.3. The van der Waals surface area contributed by atoms with E-state index in [2.05, 4.69) is 5.73 Å². The van der Waals surface area contributed by atoms with Crippen molar-refractivity contribution in [1.29, 1.82) is 0 Å². The first-order valence-electron chi connectivity index (χ1n) is 2.71. The minimum atomic E-state index is -3.41. The molecule has 2 N–H and O–H groups in total. The van der Waals surface area contributed by atoms with Crippen LogP contribution < -0.4 is 5.73 Å². The number of carbonyl (C=O) groups excluding carboxylic acids is 1. The van der Waals surface area contributed by atoms with Gasteiger partial charge in [0, 0.05) is 14.1 Å². The lowest BCUT2D eigenvalue weighted by atomic mass is 10.3. The molecule has 60 valence electrons. The largest absolute Gasteiger partial charge is 0.344 e. The average Bonchev–Trinajstić information content (AvgIpc) is 1.86. The van der Waals surface area contributed by atoms with Gasteiger partial charge >= 0.3 is 5.92 Å². The summed E-state index contributed by atoms with van der Waals surface area (Å²) in [5, 5.41) is 0. The molecule has 0 aliphatic carbocycles. The van der Waals surface area contributed by atoms with Gasteiger partial charge in [-0.3, -0.25) is 4.79 Å². The van der Waals surface area contributed by atoms with Crippen molar-refractivity contribution >= 4 is 5.91 Å². The summed E-state index contributed by atoms with van der Waals surface area (Å²) in [6.45, 7) is -0.940. The van der Waals surface area contributed by atoms with Gasteiger partial charge in [0.25, 0.3) is 5.91 Å². The Balaban J connectivity index is 4.19. The lowest BCUT2D eigenvalue weighted by molar-refractivity contribution is -0.153. The van der Waals surface area contributed by atoms with E-state index in [4.69, 9.17) is 0 Å². The van der Waals surface area contributed by atoms with E-state index in [9.17, 15) is 13.6 Å². The van der Waals surface area contributed by atoms with Gasteiger partial charge in [0.1, 0.15) is 0 Å². The van der Waals surface area contributed by atoms with Crippen molar-refractivity contribution in [3.63, 3.8) is 0 Å². The number of rotatable bonds is 2. The van der Waals surface area contributed by atoms with Gasteiger partial charge in [-0.25, -0.2) is 0 Å². The smallest absolute Gasteiger partial charge is 0.336 e. The van der Waals surface area contributed by atoms with E-state index in [0.29, 0.717) is 0 Å². The SMILES string of the molecule is CN(C)C(=O)C(F)(F)CN. The summed E-state index contributed by atoms with van der Waals surface area (Å²) in [6, 6.07) is 0. The molecule has 0 rings (SSSR count). The van der Waals surface area contributed by atoms with Crippen LogP contribution in [0.25, 0.3) is 0 Å². The highest BCUT2D eigenvalue weighted by molar-refractivity contribution is 5.83. The molecule has 1 amide bonds. The topological polar surface area (TPSA) is 46.3 Å². The van der Waals surface area contributed by atoms with Crippen LogP contribution in [0.15, 0.2) is 0 Å². The molecular formula is C5H10F2N2O. The molecular weight excluding hydrogens is 142 g/mol. The van der Waals surface area contributed by atoms with E-state index in [1.807, 2.05) is 0 Å². The fourth-order valence-corrected chi connectivity index (χ4v) is 0.414. The first-order valence-corrected chi connectivity index (χ1v) is 2.71. The fraction of sp³-hybridized carbons (Fsp3) is 0.800. The summed E-state index contributed by atoms with van der Waals surface area (Å²) < 4.78 is 24.6. The second kappa shape index (κ2) is 2.92. The summed E-state index contributed by atoms with van der Waals surface area (Å²) in [4.78, 5) is 11.3. The van der Waals surface area contributed by atoms with Crippen molar-refractivity contribution in [2.75, 3.05) is 20.6 Å². The Morgan fingerprint density at radius 1 is 1.60 bits per heavy atom. The minimum absolute atomic E-state index is 0.812. The van der Waals surface area contributed by atoms with Crippen LogP contribution in [-0.4, -0.2) is 37.4 Å². The van der Waals surface area contributed by atoms with Gasteiger partial charge in [-0.05, 0) is 0 Å². The molecule has 0 heterocycles. The van der Waals surface area contributed by atoms with Crippen molar-refractivity contribution in [3.05, 3.63) is 0 Å². The molecule has 0 aliphatic heterocycles. The number of hydrogen-bond acceptors (Lipinski definition) is 2. The van der Waals surface area contributed by atoms with E-state index < -0.39 is 18.4 Å². The van der Waals surface area contributed by atoms with Gasteiger partial charge in [0.05, 0.1) is 6.54 Å². The predicted molar refractivity (Wildman–Crippen MR) is 32.7 cm³/mol. The summed E-state index contributed by atoms with van der Waals surface area (Å²) in [7, 11) is 2.51. The lowest BCUT2D eigenvalue weighted by Gasteiger charge is -2.17. The van der Waals surface area contributed by atoms with Gasteiger partial charge in [-0.2, -0.15) is 8.78 Å². The van der Waals surface area contributed by atoms with Gasteiger partial charge in [0.2, 0.25) is 0 Å². The molecule has 0 aliphatic rings. The predicted octanol–water partition coefficient (Wildman–Crippen LogP) is -0.331. The zero-order valence-electron chi connectivity index (χ0n) is 5.90. The van der Waals surface area contributed by atoms with Crippen LogP contribution in [0, 0.1) is 0 Å². The molecule has 0 spiro atoms. The zero-order valence-corrected chi connectivity index (χ0v) is 5.90. The monoisotopic (exact) mass is 152 g/mol. The van der Waals surface area contributed by atoms with Crippen LogP contribution in [0.4, 0.5) is 8.78 Å². The van der Waals surface area contributed by atoms with Crippen molar-refractivity contribution in [1.82, 2.24) is 4.90 Å². The molecule has 0 aromatic carbocycles. The molecule has 0 unspecified atom stereocenters. The third-order valence-corrected chi connectivity index (χ3v) is 0.975. The molecule has 0 bridgehead atoms. The lowest BCUT2D eigenvalue weighted by Crippen LogP contribution is -2.44. The van der Waals surface area contributed by atoms with Crippen molar-refractivity contribution < 1.29 is 13.6 Å². The Hall–Kier alpha value is -0.710. The first-order chi connectivity index (χ1) is 4.41. The molecule has 0 aromatic heterocycles. The minimum Gasteiger partial charge on any atom is -0.344 e. The molecule has 3 nitrogen and oxygen atoms in total. The Morgan fingerprint density at radius 3 is 2.10 bits per heavy atom. The number of nitrogens with two attached hydrogens (primary N) is 1. The summed E-state index contributed by atoms with van der Waals surface area (Å²) in [5.74, 6) is -4.67. The van der Waals surface area contributed by atoms with Gasteiger partial charge in [-0.1, -0.05) is 0 Å². The number of hydrogen-bond donors (Lipinski definition) is 1. The van der Waals surface area contributed by atoms with Gasteiger partial charge in [-0.15, -0.1) is 0 Å². The van der Waals surface area contributed by atoms with Gasteiger partial charge in [0.15, 0.2) is 0 Å². The maximum atomic E-state index is 12.3. The summed E-state index contributed by atoms with van der Waals surface area (Å²) in [5.41, 5.74) is 4.65. The van der Waals surface area contributed by atoms with Crippen LogP contribution in [0.3, 0.4) is 0 Å². The zero-order chi connectivity index (χ0) is 8.36. The van der Waals surface area contributed by atoms with Gasteiger partial charge < -0.3 is 10.6 Å².